The number of amides is 2. The van der Waals surface area contributed by atoms with Crippen LogP contribution in [0.1, 0.15) is 104 Å². The van der Waals surface area contributed by atoms with Gasteiger partial charge in [-0.2, -0.15) is 5.26 Å². The monoisotopic (exact) mass is 586 g/mol. The van der Waals surface area contributed by atoms with Gasteiger partial charge in [0.15, 0.2) is 5.69 Å². The summed E-state index contributed by atoms with van der Waals surface area (Å²) in [5.74, 6) is -0.0815. The van der Waals surface area contributed by atoms with Crippen molar-refractivity contribution in [2.24, 2.45) is 0 Å². The summed E-state index contributed by atoms with van der Waals surface area (Å²) in [5.41, 5.74) is 4.77. The lowest BCUT2D eigenvalue weighted by molar-refractivity contribution is 0.0196. The van der Waals surface area contributed by atoms with E-state index in [0.29, 0.717) is 23.7 Å². The minimum Gasteiger partial charge on any atom is -0.444 e. The average Bonchev–Trinajstić information content (AvgIpc) is 3.50. The molecular formula is C32H35ClN6O3. The lowest BCUT2D eigenvalue weighted by Gasteiger charge is -2.36. The fraction of sp³-hybridized carbons (Fsp3) is 0.469. The van der Waals surface area contributed by atoms with Gasteiger partial charge in [0.2, 0.25) is 0 Å². The Bertz CT molecular complexity index is 1590. The van der Waals surface area contributed by atoms with Crippen LogP contribution in [0.25, 0.3) is 0 Å². The van der Waals surface area contributed by atoms with Crippen LogP contribution in [0.4, 0.5) is 4.79 Å². The van der Waals surface area contributed by atoms with E-state index in [1.165, 1.54) is 5.56 Å². The second kappa shape index (κ2) is 10.4. The van der Waals surface area contributed by atoms with Gasteiger partial charge in [0.1, 0.15) is 5.60 Å². The Morgan fingerprint density at radius 2 is 1.95 bits per heavy atom. The molecule has 0 saturated heterocycles. The first-order valence-corrected chi connectivity index (χ1v) is 14.9. The van der Waals surface area contributed by atoms with Crippen molar-refractivity contribution >= 4 is 23.6 Å². The number of ether oxygens (including phenoxy) is 1. The van der Waals surface area contributed by atoms with Crippen molar-refractivity contribution < 1.29 is 14.3 Å². The van der Waals surface area contributed by atoms with Gasteiger partial charge in [0.25, 0.3) is 5.91 Å². The number of halogens is 1. The number of rotatable bonds is 5. The number of carbonyl (C=O) groups excluding carboxylic acids is 2. The minimum absolute atomic E-state index is 0.00101. The van der Waals surface area contributed by atoms with E-state index in [1.807, 2.05) is 38.7 Å². The molecule has 42 heavy (non-hydrogen) atoms. The van der Waals surface area contributed by atoms with Gasteiger partial charge in [0.05, 0.1) is 23.9 Å². The third kappa shape index (κ3) is 5.48. The van der Waals surface area contributed by atoms with Crippen LogP contribution in [0.15, 0.2) is 42.6 Å². The summed E-state index contributed by atoms with van der Waals surface area (Å²) in [6.07, 6.45) is 5.01. The molecule has 3 aromatic rings. The number of hydrogen-bond acceptors (Lipinski definition) is 6. The number of aromatic nitrogens is 3. The van der Waals surface area contributed by atoms with Crippen LogP contribution in [-0.4, -0.2) is 50.1 Å². The summed E-state index contributed by atoms with van der Waals surface area (Å²) in [6, 6.07) is 13.8. The molecule has 2 aliphatic carbocycles. The SMILES string of the molecule is CC(c1ccc2c(c1)CN(C(=O)OC(C)(C)C)CC21CC1)n1cc(C(=O)NC2CC(c3cc(Cl)ccc3C#N)C2)nn1. The van der Waals surface area contributed by atoms with Gasteiger partial charge in [-0.1, -0.05) is 35.0 Å². The van der Waals surface area contributed by atoms with E-state index < -0.39 is 5.60 Å². The third-order valence-electron chi connectivity index (χ3n) is 8.73. The number of carbonyl (C=O) groups is 2. The van der Waals surface area contributed by atoms with Crippen molar-refractivity contribution in [3.8, 4) is 6.07 Å². The second-order valence-electron chi connectivity index (χ2n) is 13.0. The molecule has 0 radical (unpaired) electrons. The van der Waals surface area contributed by atoms with Crippen LogP contribution < -0.4 is 5.32 Å². The highest BCUT2D eigenvalue weighted by molar-refractivity contribution is 6.30. The van der Waals surface area contributed by atoms with Crippen LogP contribution in [0.2, 0.25) is 5.02 Å². The van der Waals surface area contributed by atoms with Gasteiger partial charge >= 0.3 is 6.09 Å². The summed E-state index contributed by atoms with van der Waals surface area (Å²) < 4.78 is 7.38. The van der Waals surface area contributed by atoms with Crippen molar-refractivity contribution in [1.29, 1.82) is 5.26 Å². The molecule has 2 aromatic carbocycles. The van der Waals surface area contributed by atoms with Crippen molar-refractivity contribution in [2.45, 2.75) is 88.9 Å². The zero-order chi connectivity index (χ0) is 29.8. The standard InChI is InChI=1S/C32H35ClN6O3/c1-19(20-6-8-27-23(11-20)16-38(18-32(27)9-10-32)30(41)42-31(2,3)4)39-17-28(36-37-39)29(40)35-25-12-22(13-25)26-14-24(33)7-5-21(26)15-34/h5-8,11,14,17,19,22,25H,9-10,12-13,16,18H2,1-4H3,(H,35,40). The smallest absolute Gasteiger partial charge is 0.410 e. The minimum atomic E-state index is -0.543. The number of benzene rings is 2. The Balaban J connectivity index is 1.11. The van der Waals surface area contributed by atoms with Crippen LogP contribution in [0.3, 0.4) is 0 Å². The molecule has 1 N–H and O–H groups in total. The van der Waals surface area contributed by atoms with Crippen LogP contribution in [0.5, 0.6) is 0 Å². The highest BCUT2D eigenvalue weighted by Crippen LogP contribution is 2.53. The average molecular weight is 587 g/mol. The van der Waals surface area contributed by atoms with Crippen molar-refractivity contribution in [1.82, 2.24) is 25.2 Å². The number of fused-ring (bicyclic) bond motifs is 2. The Morgan fingerprint density at radius 3 is 2.64 bits per heavy atom. The number of nitriles is 1. The van der Waals surface area contributed by atoms with Crippen LogP contribution in [-0.2, 0) is 16.7 Å². The summed E-state index contributed by atoms with van der Waals surface area (Å²) >= 11 is 6.14. The quantitative estimate of drug-likeness (QED) is 0.400. The topological polar surface area (TPSA) is 113 Å². The molecule has 2 amide bonds. The largest absolute Gasteiger partial charge is 0.444 e. The molecule has 0 bridgehead atoms. The molecule has 1 unspecified atom stereocenters. The number of nitrogens with zero attached hydrogens (tertiary/aromatic N) is 5. The molecule has 218 valence electrons. The van der Waals surface area contributed by atoms with Gasteiger partial charge in [-0.3, -0.25) is 4.79 Å². The zero-order valence-corrected chi connectivity index (χ0v) is 25.1. The highest BCUT2D eigenvalue weighted by Gasteiger charge is 2.50. The molecule has 9 nitrogen and oxygen atoms in total. The summed E-state index contributed by atoms with van der Waals surface area (Å²) in [7, 11) is 0. The van der Waals surface area contributed by atoms with E-state index in [1.54, 1.807) is 23.0 Å². The van der Waals surface area contributed by atoms with Gasteiger partial charge in [-0.25, -0.2) is 9.48 Å². The van der Waals surface area contributed by atoms with Crippen molar-refractivity contribution in [3.05, 3.63) is 81.1 Å². The normalized spacial score (nSPS) is 21.1. The molecule has 1 aliphatic heterocycles. The maximum absolute atomic E-state index is 13.0. The lowest BCUT2D eigenvalue weighted by atomic mass is 9.74. The molecule has 2 heterocycles. The highest BCUT2D eigenvalue weighted by atomic mass is 35.5. The van der Waals surface area contributed by atoms with E-state index >= 15 is 0 Å². The molecule has 6 rings (SSSR count). The zero-order valence-electron chi connectivity index (χ0n) is 24.4. The second-order valence-corrected chi connectivity index (χ2v) is 13.4. The predicted molar refractivity (Wildman–Crippen MR) is 157 cm³/mol. The first-order valence-electron chi connectivity index (χ1n) is 14.5. The summed E-state index contributed by atoms with van der Waals surface area (Å²) in [6.45, 7) is 8.87. The first kappa shape index (κ1) is 28.2. The maximum atomic E-state index is 13.0. The Hall–Kier alpha value is -3.90. The Labute approximate surface area is 250 Å². The summed E-state index contributed by atoms with van der Waals surface area (Å²) in [4.78, 5) is 27.7. The molecule has 1 aromatic heterocycles. The predicted octanol–water partition coefficient (Wildman–Crippen LogP) is 5.87. The molecule has 2 saturated carbocycles. The van der Waals surface area contributed by atoms with Crippen molar-refractivity contribution in [2.75, 3.05) is 6.54 Å². The lowest BCUT2D eigenvalue weighted by Crippen LogP contribution is -2.44. The summed E-state index contributed by atoms with van der Waals surface area (Å²) in [5, 5.41) is 21.5. The van der Waals surface area contributed by atoms with Crippen LogP contribution >= 0.6 is 11.6 Å². The number of hydrogen-bond donors (Lipinski definition) is 1. The maximum Gasteiger partial charge on any atom is 0.410 e. The van der Waals surface area contributed by atoms with Gasteiger partial charge in [-0.15, -0.1) is 5.10 Å². The molecule has 10 heteroatoms. The van der Waals surface area contributed by atoms with Gasteiger partial charge in [0, 0.05) is 29.6 Å². The molecule has 2 fully saturated rings. The van der Waals surface area contributed by atoms with E-state index in [0.717, 1.165) is 42.4 Å². The van der Waals surface area contributed by atoms with Gasteiger partial charge in [-0.05, 0) is 99.7 Å². The van der Waals surface area contributed by atoms with E-state index in [2.05, 4.69) is 39.9 Å². The Morgan fingerprint density at radius 1 is 1.19 bits per heavy atom. The molecule has 1 spiro atoms. The fourth-order valence-corrected chi connectivity index (χ4v) is 6.39. The molecule has 3 aliphatic rings. The van der Waals surface area contributed by atoms with Crippen LogP contribution in [0, 0.1) is 11.3 Å². The molecule has 1 atom stereocenters. The van der Waals surface area contributed by atoms with E-state index in [9.17, 15) is 14.9 Å². The van der Waals surface area contributed by atoms with Crippen molar-refractivity contribution in [3.63, 3.8) is 0 Å². The fourth-order valence-electron chi connectivity index (χ4n) is 6.21. The van der Waals surface area contributed by atoms with Gasteiger partial charge < -0.3 is 15.0 Å². The number of nitrogens with one attached hydrogen (secondary N) is 1. The third-order valence-corrected chi connectivity index (χ3v) is 8.97. The Kier molecular flexibility index (Phi) is 7.01. The van der Waals surface area contributed by atoms with E-state index in [4.69, 9.17) is 16.3 Å². The van der Waals surface area contributed by atoms with E-state index in [-0.39, 0.29) is 41.1 Å². The molecular weight excluding hydrogens is 552 g/mol. The first-order chi connectivity index (χ1) is 19.9.